The third-order valence-electron chi connectivity index (χ3n) is 0.853. The molecule has 13 heavy (non-hydrogen) atoms. The summed E-state index contributed by atoms with van der Waals surface area (Å²) >= 11 is 0. The Morgan fingerprint density at radius 2 is 2.00 bits per heavy atom. The molecule has 0 amide bonds. The summed E-state index contributed by atoms with van der Waals surface area (Å²) in [5, 5.41) is 15.2. The molecule has 0 aliphatic rings. The summed E-state index contributed by atoms with van der Waals surface area (Å²) in [6, 6.07) is 1.57. The maximum absolute atomic E-state index is 10.4. The van der Waals surface area contributed by atoms with Crippen LogP contribution in [-0.2, 0) is 19.5 Å². The molecule has 0 saturated carbocycles. The van der Waals surface area contributed by atoms with E-state index in [9.17, 15) is 13.2 Å². The third kappa shape index (κ3) is 13.8. The van der Waals surface area contributed by atoms with Gasteiger partial charge in [-0.05, 0) is 0 Å². The molecule has 0 bridgehead atoms. The molecule has 7 heteroatoms. The Hall–Kier alpha value is -1.13. The molecule has 0 aromatic heterocycles. The molecule has 0 atom stereocenters. The summed E-state index contributed by atoms with van der Waals surface area (Å²) in [6.45, 7) is 2.63. The second-order valence-electron chi connectivity index (χ2n) is 1.92. The lowest BCUT2D eigenvalue weighted by atomic mass is 10.9. The minimum atomic E-state index is -3.03. The Morgan fingerprint density at radius 1 is 1.62 bits per heavy atom. The summed E-state index contributed by atoms with van der Waals surface area (Å²) < 4.78 is 20.8. The third-order valence-corrected chi connectivity index (χ3v) is 2.30. The van der Waals surface area contributed by atoms with Crippen LogP contribution < -0.4 is 0 Å². The number of rotatable bonds is 2. The minimum absolute atomic E-state index is 0.0561. The summed E-state index contributed by atoms with van der Waals surface area (Å²) in [7, 11) is -3.03. The number of nitrogens with zero attached hydrogens (tertiary/aromatic N) is 1. The first-order valence-corrected chi connectivity index (χ1v) is 5.11. The molecule has 0 rings (SSSR count). The molecule has 0 aliphatic carbocycles. The highest BCUT2D eigenvalue weighted by Crippen LogP contribution is 1.84. The van der Waals surface area contributed by atoms with E-state index in [0.717, 1.165) is 6.92 Å². The zero-order chi connectivity index (χ0) is 10.9. The van der Waals surface area contributed by atoms with Crippen LogP contribution in [0.5, 0.6) is 0 Å². The topological polar surface area (TPSA) is 104 Å². The molecule has 0 radical (unpaired) electrons. The van der Waals surface area contributed by atoms with E-state index in [1.807, 2.05) is 0 Å². The fraction of sp³-hybridized carbons (Fsp3) is 0.667. The molecule has 76 valence electrons. The average Bonchev–Trinajstić information content (AvgIpc) is 2.05. The number of sulfone groups is 1. The van der Waals surface area contributed by atoms with Gasteiger partial charge >= 0.3 is 5.97 Å². The minimum Gasteiger partial charge on any atom is -0.301 e. The van der Waals surface area contributed by atoms with E-state index in [1.54, 1.807) is 6.07 Å². The van der Waals surface area contributed by atoms with Gasteiger partial charge in [0.05, 0.1) is 6.07 Å². The van der Waals surface area contributed by atoms with Crippen molar-refractivity contribution in [2.75, 3.05) is 11.5 Å². The SMILES string of the molecule is CC(=O)OO.CCS(=O)(=O)CC#N. The lowest BCUT2D eigenvalue weighted by molar-refractivity contribution is -0.231. The van der Waals surface area contributed by atoms with E-state index in [-0.39, 0.29) is 11.5 Å². The second kappa shape index (κ2) is 7.52. The van der Waals surface area contributed by atoms with Crippen LogP contribution in [0.3, 0.4) is 0 Å². The highest BCUT2D eigenvalue weighted by molar-refractivity contribution is 7.91. The van der Waals surface area contributed by atoms with Crippen LogP contribution in [0.25, 0.3) is 0 Å². The first kappa shape index (κ1) is 14.4. The quantitative estimate of drug-likeness (QED) is 0.505. The van der Waals surface area contributed by atoms with Gasteiger partial charge in [0.2, 0.25) is 0 Å². The van der Waals surface area contributed by atoms with Gasteiger partial charge in [-0.2, -0.15) is 10.5 Å². The number of carbonyl (C=O) groups is 1. The number of nitriles is 1. The fourth-order valence-electron chi connectivity index (χ4n) is 0.200. The maximum Gasteiger partial charge on any atom is 0.339 e. The number of hydrogen-bond acceptors (Lipinski definition) is 6. The number of carbonyl (C=O) groups excluding carboxylic acids is 1. The van der Waals surface area contributed by atoms with E-state index in [2.05, 4.69) is 4.89 Å². The molecule has 0 aromatic rings. The zero-order valence-corrected chi connectivity index (χ0v) is 8.17. The average molecular weight is 209 g/mol. The van der Waals surface area contributed by atoms with Crippen LogP contribution in [-0.4, -0.2) is 31.2 Å². The highest BCUT2D eigenvalue weighted by atomic mass is 32.2. The molecule has 0 fully saturated rings. The lowest BCUT2D eigenvalue weighted by Crippen LogP contribution is -2.05. The van der Waals surface area contributed by atoms with Gasteiger partial charge in [-0.3, -0.25) is 0 Å². The molecular formula is C6H11NO5S. The molecule has 0 heterocycles. The Morgan fingerprint density at radius 3 is 2.08 bits per heavy atom. The van der Waals surface area contributed by atoms with Crippen molar-refractivity contribution in [1.29, 1.82) is 5.26 Å². The second-order valence-corrected chi connectivity index (χ2v) is 4.27. The first-order chi connectivity index (χ1) is 5.89. The molecular weight excluding hydrogens is 198 g/mol. The van der Waals surface area contributed by atoms with Gasteiger partial charge in [0, 0.05) is 12.7 Å². The monoisotopic (exact) mass is 209 g/mol. The Labute approximate surface area is 76.6 Å². The summed E-state index contributed by atoms with van der Waals surface area (Å²) in [5.74, 6) is -0.991. The van der Waals surface area contributed by atoms with Gasteiger partial charge in [-0.25, -0.2) is 13.2 Å². The number of hydrogen-bond donors (Lipinski definition) is 1. The van der Waals surface area contributed by atoms with E-state index in [4.69, 9.17) is 10.5 Å². The summed E-state index contributed by atoms with van der Waals surface area (Å²) in [6.07, 6.45) is 0. The Bertz CT molecular complexity index is 276. The van der Waals surface area contributed by atoms with E-state index in [1.165, 1.54) is 6.92 Å². The van der Waals surface area contributed by atoms with Crippen LogP contribution in [0.4, 0.5) is 0 Å². The van der Waals surface area contributed by atoms with Crippen molar-refractivity contribution in [2.45, 2.75) is 13.8 Å². The van der Waals surface area contributed by atoms with Crippen LogP contribution in [0.1, 0.15) is 13.8 Å². The standard InChI is InChI=1S/C4H7NO2S.C2H4O3/c1-2-8(6,7)4-3-5;1-2(3)5-4/h2,4H2,1H3;4H,1H3. The molecule has 6 nitrogen and oxygen atoms in total. The van der Waals surface area contributed by atoms with Crippen molar-refractivity contribution in [1.82, 2.24) is 0 Å². The fourth-order valence-corrected chi connectivity index (χ4v) is 0.601. The van der Waals surface area contributed by atoms with Crippen molar-refractivity contribution in [3.8, 4) is 6.07 Å². The van der Waals surface area contributed by atoms with Crippen LogP contribution in [0, 0.1) is 11.3 Å². The Kier molecular flexibility index (Phi) is 8.32. The first-order valence-electron chi connectivity index (χ1n) is 3.29. The zero-order valence-electron chi connectivity index (χ0n) is 7.35. The molecule has 0 saturated heterocycles. The van der Waals surface area contributed by atoms with Gasteiger partial charge < -0.3 is 4.89 Å². The molecule has 0 aliphatic heterocycles. The Balaban J connectivity index is 0. The van der Waals surface area contributed by atoms with E-state index >= 15 is 0 Å². The summed E-state index contributed by atoms with van der Waals surface area (Å²) in [4.78, 5) is 12.5. The van der Waals surface area contributed by atoms with E-state index < -0.39 is 15.8 Å². The smallest absolute Gasteiger partial charge is 0.301 e. The normalized spacial score (nSPS) is 9.08. The molecule has 0 unspecified atom stereocenters. The lowest BCUT2D eigenvalue weighted by Gasteiger charge is -1.87. The molecule has 1 N–H and O–H groups in total. The maximum atomic E-state index is 10.4. The van der Waals surface area contributed by atoms with Crippen LogP contribution in [0.15, 0.2) is 0 Å². The predicted octanol–water partition coefficient (Wildman–Crippen LogP) is -0.0328. The largest absolute Gasteiger partial charge is 0.339 e. The molecule has 0 aromatic carbocycles. The van der Waals surface area contributed by atoms with Crippen LogP contribution >= 0.6 is 0 Å². The summed E-state index contributed by atoms with van der Waals surface area (Å²) in [5.41, 5.74) is 0. The van der Waals surface area contributed by atoms with Gasteiger partial charge in [0.1, 0.15) is 5.75 Å². The van der Waals surface area contributed by atoms with Crippen molar-refractivity contribution in [3.63, 3.8) is 0 Å². The van der Waals surface area contributed by atoms with Gasteiger partial charge in [0.25, 0.3) is 0 Å². The van der Waals surface area contributed by atoms with Crippen molar-refractivity contribution in [3.05, 3.63) is 0 Å². The van der Waals surface area contributed by atoms with Gasteiger partial charge in [-0.15, -0.1) is 0 Å². The van der Waals surface area contributed by atoms with Crippen molar-refractivity contribution < 1.29 is 23.4 Å². The van der Waals surface area contributed by atoms with Gasteiger partial charge in [-0.1, -0.05) is 6.92 Å². The van der Waals surface area contributed by atoms with Crippen LogP contribution in [0.2, 0.25) is 0 Å². The van der Waals surface area contributed by atoms with Crippen molar-refractivity contribution in [2.24, 2.45) is 0 Å². The van der Waals surface area contributed by atoms with Gasteiger partial charge in [0.15, 0.2) is 9.84 Å². The van der Waals surface area contributed by atoms with E-state index in [0.29, 0.717) is 0 Å². The predicted molar refractivity (Wildman–Crippen MR) is 44.3 cm³/mol. The van der Waals surface area contributed by atoms with Crippen molar-refractivity contribution >= 4 is 15.8 Å². The molecule has 0 spiro atoms. The highest BCUT2D eigenvalue weighted by Gasteiger charge is 2.03.